The van der Waals surface area contributed by atoms with E-state index in [1.54, 1.807) is 4.90 Å². The third-order valence-electron chi connectivity index (χ3n) is 3.89. The summed E-state index contributed by atoms with van der Waals surface area (Å²) in [6.45, 7) is 10.7. The van der Waals surface area contributed by atoms with Gasteiger partial charge in [-0.05, 0) is 27.7 Å². The Morgan fingerprint density at radius 2 is 2.26 bits per heavy atom. The number of amides is 1. The lowest BCUT2D eigenvalue weighted by Gasteiger charge is -2.36. The average Bonchev–Trinajstić information content (AvgIpc) is 2.78. The number of hydrogen-bond donors (Lipinski definition) is 1. The predicted molar refractivity (Wildman–Crippen MR) is 87.2 cm³/mol. The monoisotopic (exact) mass is 324 g/mol. The van der Waals surface area contributed by atoms with Gasteiger partial charge in [-0.3, -0.25) is 9.58 Å². The standard InChI is InChI=1S/C16H28N4O3/c1-12-13(9-18-19(12)5)8-17-10-14-11-22-7-6-20(14)15(21)23-16(2,3)4/h9,14,17H,6-8,10-11H2,1-5H3. The van der Waals surface area contributed by atoms with Crippen LogP contribution in [0, 0.1) is 6.92 Å². The topological polar surface area (TPSA) is 68.6 Å². The molecule has 7 heteroatoms. The van der Waals surface area contributed by atoms with E-state index < -0.39 is 5.60 Å². The highest BCUT2D eigenvalue weighted by molar-refractivity contribution is 5.68. The summed E-state index contributed by atoms with van der Waals surface area (Å²) in [6.07, 6.45) is 1.59. The summed E-state index contributed by atoms with van der Waals surface area (Å²) in [7, 11) is 1.93. The quantitative estimate of drug-likeness (QED) is 0.908. The van der Waals surface area contributed by atoms with Gasteiger partial charge in [0.1, 0.15) is 5.60 Å². The predicted octanol–water partition coefficient (Wildman–Crippen LogP) is 1.45. The minimum absolute atomic E-state index is 0.0180. The lowest BCUT2D eigenvalue weighted by atomic mass is 10.2. The first-order valence-corrected chi connectivity index (χ1v) is 8.03. The molecular weight excluding hydrogens is 296 g/mol. The van der Waals surface area contributed by atoms with Crippen molar-refractivity contribution in [3.63, 3.8) is 0 Å². The van der Waals surface area contributed by atoms with Crippen LogP contribution in [0.5, 0.6) is 0 Å². The van der Waals surface area contributed by atoms with Gasteiger partial charge in [0.05, 0.1) is 25.5 Å². The van der Waals surface area contributed by atoms with Gasteiger partial charge in [-0.2, -0.15) is 5.10 Å². The molecule has 1 fully saturated rings. The van der Waals surface area contributed by atoms with Gasteiger partial charge in [0.25, 0.3) is 0 Å². The number of aromatic nitrogens is 2. The molecular formula is C16H28N4O3. The lowest BCUT2D eigenvalue weighted by molar-refractivity contribution is -0.0317. The largest absolute Gasteiger partial charge is 0.444 e. The van der Waals surface area contributed by atoms with Crippen LogP contribution in [0.4, 0.5) is 4.79 Å². The maximum Gasteiger partial charge on any atom is 0.410 e. The van der Waals surface area contributed by atoms with Crippen molar-refractivity contribution in [2.75, 3.05) is 26.3 Å². The molecule has 7 nitrogen and oxygen atoms in total. The Kier molecular flexibility index (Phi) is 5.64. The van der Waals surface area contributed by atoms with Crippen LogP contribution in [-0.2, 0) is 23.1 Å². The molecule has 0 aliphatic carbocycles. The molecule has 0 saturated carbocycles. The van der Waals surface area contributed by atoms with Crippen molar-refractivity contribution in [2.24, 2.45) is 7.05 Å². The molecule has 1 aliphatic heterocycles. The molecule has 1 atom stereocenters. The fourth-order valence-electron chi connectivity index (χ4n) is 2.48. The minimum atomic E-state index is -0.486. The van der Waals surface area contributed by atoms with Crippen LogP contribution < -0.4 is 5.32 Å². The molecule has 1 amide bonds. The number of nitrogens with one attached hydrogen (secondary N) is 1. The number of hydrogen-bond acceptors (Lipinski definition) is 5. The minimum Gasteiger partial charge on any atom is -0.444 e. The van der Waals surface area contributed by atoms with E-state index in [2.05, 4.69) is 10.4 Å². The SMILES string of the molecule is Cc1c(CNCC2COCCN2C(=O)OC(C)(C)C)cnn1C. The summed E-state index contributed by atoms with van der Waals surface area (Å²) in [5.41, 5.74) is 1.81. The third kappa shape index (κ3) is 4.94. The van der Waals surface area contributed by atoms with Crippen molar-refractivity contribution < 1.29 is 14.3 Å². The number of rotatable bonds is 4. The fourth-order valence-corrected chi connectivity index (χ4v) is 2.48. The Labute approximate surface area is 137 Å². The molecule has 0 spiro atoms. The van der Waals surface area contributed by atoms with Gasteiger partial charge < -0.3 is 14.8 Å². The maximum atomic E-state index is 12.3. The van der Waals surface area contributed by atoms with E-state index in [1.165, 1.54) is 0 Å². The van der Waals surface area contributed by atoms with Crippen molar-refractivity contribution in [3.8, 4) is 0 Å². The van der Waals surface area contributed by atoms with Crippen molar-refractivity contribution in [2.45, 2.75) is 45.9 Å². The average molecular weight is 324 g/mol. The van der Waals surface area contributed by atoms with Crippen LogP contribution in [0.1, 0.15) is 32.0 Å². The maximum absolute atomic E-state index is 12.3. The molecule has 1 saturated heterocycles. The summed E-state index contributed by atoms with van der Waals surface area (Å²) in [5, 5.41) is 7.62. The highest BCUT2D eigenvalue weighted by atomic mass is 16.6. The van der Waals surface area contributed by atoms with E-state index in [0.717, 1.165) is 17.8 Å². The van der Waals surface area contributed by atoms with Gasteiger partial charge in [0, 0.05) is 37.9 Å². The van der Waals surface area contributed by atoms with E-state index in [1.807, 2.05) is 45.6 Å². The summed E-state index contributed by atoms with van der Waals surface area (Å²) >= 11 is 0. The van der Waals surface area contributed by atoms with Gasteiger partial charge in [0.2, 0.25) is 0 Å². The van der Waals surface area contributed by atoms with Gasteiger partial charge in [-0.25, -0.2) is 4.79 Å². The highest BCUT2D eigenvalue weighted by Crippen LogP contribution is 2.14. The van der Waals surface area contributed by atoms with Crippen LogP contribution in [-0.4, -0.2) is 58.7 Å². The van der Waals surface area contributed by atoms with Gasteiger partial charge in [0.15, 0.2) is 0 Å². The molecule has 0 aromatic carbocycles. The smallest absolute Gasteiger partial charge is 0.410 e. The first kappa shape index (κ1) is 17.7. The number of carbonyl (C=O) groups excluding carboxylic acids is 1. The van der Waals surface area contributed by atoms with Crippen LogP contribution in [0.3, 0.4) is 0 Å². The number of nitrogens with zero attached hydrogens (tertiary/aromatic N) is 3. The molecule has 1 aromatic rings. The summed E-state index contributed by atoms with van der Waals surface area (Å²) < 4.78 is 12.9. The first-order valence-electron chi connectivity index (χ1n) is 8.03. The van der Waals surface area contributed by atoms with Gasteiger partial charge in [-0.1, -0.05) is 0 Å². The Morgan fingerprint density at radius 1 is 1.52 bits per heavy atom. The molecule has 2 rings (SSSR count). The van der Waals surface area contributed by atoms with Gasteiger partial charge >= 0.3 is 6.09 Å². The van der Waals surface area contributed by atoms with Gasteiger partial charge in [-0.15, -0.1) is 0 Å². The molecule has 1 aliphatic rings. The number of morpholine rings is 1. The Morgan fingerprint density at radius 3 is 2.87 bits per heavy atom. The zero-order valence-electron chi connectivity index (χ0n) is 14.8. The summed E-state index contributed by atoms with van der Waals surface area (Å²) in [4.78, 5) is 14.1. The molecule has 23 heavy (non-hydrogen) atoms. The molecule has 0 radical (unpaired) electrons. The van der Waals surface area contributed by atoms with Crippen LogP contribution in [0.15, 0.2) is 6.20 Å². The van der Waals surface area contributed by atoms with Crippen molar-refractivity contribution in [1.29, 1.82) is 0 Å². The lowest BCUT2D eigenvalue weighted by Crippen LogP contribution is -2.54. The zero-order chi connectivity index (χ0) is 17.0. The molecule has 2 heterocycles. The Hall–Kier alpha value is -1.60. The van der Waals surface area contributed by atoms with E-state index in [9.17, 15) is 4.79 Å². The third-order valence-corrected chi connectivity index (χ3v) is 3.89. The van der Waals surface area contributed by atoms with E-state index in [0.29, 0.717) is 26.3 Å². The number of carbonyl (C=O) groups is 1. The second-order valence-corrected chi connectivity index (χ2v) is 6.91. The molecule has 0 bridgehead atoms. The van der Waals surface area contributed by atoms with E-state index in [-0.39, 0.29) is 12.1 Å². The van der Waals surface area contributed by atoms with Crippen molar-refractivity contribution in [3.05, 3.63) is 17.5 Å². The van der Waals surface area contributed by atoms with E-state index in [4.69, 9.17) is 9.47 Å². The Bertz CT molecular complexity index is 536. The number of aryl methyl sites for hydroxylation is 1. The molecule has 1 N–H and O–H groups in total. The second-order valence-electron chi connectivity index (χ2n) is 6.91. The Balaban J connectivity index is 1.88. The zero-order valence-corrected chi connectivity index (χ0v) is 14.8. The second kappa shape index (κ2) is 7.31. The highest BCUT2D eigenvalue weighted by Gasteiger charge is 2.30. The fraction of sp³-hybridized carbons (Fsp3) is 0.750. The van der Waals surface area contributed by atoms with Crippen molar-refractivity contribution >= 4 is 6.09 Å². The summed E-state index contributed by atoms with van der Waals surface area (Å²) in [6, 6.07) is -0.0180. The van der Waals surface area contributed by atoms with Crippen molar-refractivity contribution in [1.82, 2.24) is 20.0 Å². The van der Waals surface area contributed by atoms with Crippen LogP contribution in [0.2, 0.25) is 0 Å². The summed E-state index contributed by atoms with van der Waals surface area (Å²) in [5.74, 6) is 0. The molecule has 1 aromatic heterocycles. The normalized spacial score (nSPS) is 19.0. The molecule has 1 unspecified atom stereocenters. The van der Waals surface area contributed by atoms with E-state index >= 15 is 0 Å². The van der Waals surface area contributed by atoms with Crippen LogP contribution >= 0.6 is 0 Å². The molecule has 130 valence electrons. The first-order chi connectivity index (χ1) is 10.8. The van der Waals surface area contributed by atoms with Crippen LogP contribution in [0.25, 0.3) is 0 Å². The number of ether oxygens (including phenoxy) is 2.